The van der Waals surface area contributed by atoms with Gasteiger partial charge >= 0.3 is 0 Å². The topological polar surface area (TPSA) is 41.6 Å². The number of hydrogen-bond donors (Lipinski definition) is 1. The summed E-state index contributed by atoms with van der Waals surface area (Å²) in [4.78, 5) is 15.0. The molecule has 116 valence electrons. The van der Waals surface area contributed by atoms with Gasteiger partial charge in [-0.05, 0) is 48.1 Å². The molecule has 1 aliphatic heterocycles. The van der Waals surface area contributed by atoms with Crippen LogP contribution in [0.15, 0.2) is 16.8 Å². The van der Waals surface area contributed by atoms with Crippen molar-refractivity contribution in [2.75, 3.05) is 20.3 Å². The SMILES string of the molecule is COCCCCN1C(=O)C2(CCCC2)NC1c1ccsc1. The molecule has 1 aromatic rings. The van der Waals surface area contributed by atoms with Gasteiger partial charge in [-0.15, -0.1) is 0 Å². The minimum absolute atomic E-state index is 0.0596. The first-order valence-corrected chi connectivity index (χ1v) is 8.81. The van der Waals surface area contributed by atoms with Gasteiger partial charge in [-0.1, -0.05) is 12.8 Å². The second-order valence-corrected chi connectivity index (χ2v) is 6.87. The number of thiophene rings is 1. The van der Waals surface area contributed by atoms with Crippen LogP contribution in [0.3, 0.4) is 0 Å². The van der Waals surface area contributed by atoms with Crippen LogP contribution in [-0.2, 0) is 9.53 Å². The summed E-state index contributed by atoms with van der Waals surface area (Å²) < 4.78 is 5.11. The van der Waals surface area contributed by atoms with E-state index in [2.05, 4.69) is 27.0 Å². The molecule has 1 aromatic heterocycles. The Kier molecular flexibility index (Phi) is 4.62. The number of amides is 1. The van der Waals surface area contributed by atoms with Crippen LogP contribution in [0.2, 0.25) is 0 Å². The number of nitrogens with zero attached hydrogens (tertiary/aromatic N) is 1. The lowest BCUT2D eigenvalue weighted by Gasteiger charge is -2.23. The van der Waals surface area contributed by atoms with E-state index in [0.717, 1.165) is 51.7 Å². The molecule has 4 nitrogen and oxygen atoms in total. The van der Waals surface area contributed by atoms with Gasteiger partial charge in [-0.25, -0.2) is 0 Å². The van der Waals surface area contributed by atoms with Crippen LogP contribution in [-0.4, -0.2) is 36.6 Å². The predicted octanol–water partition coefficient (Wildman–Crippen LogP) is 2.92. The van der Waals surface area contributed by atoms with Gasteiger partial charge in [0.25, 0.3) is 0 Å². The van der Waals surface area contributed by atoms with Crippen molar-refractivity contribution >= 4 is 17.2 Å². The molecule has 0 bridgehead atoms. The predicted molar refractivity (Wildman–Crippen MR) is 84.2 cm³/mol. The number of methoxy groups -OCH3 is 1. The average Bonchev–Trinajstić information content (AvgIpc) is 3.21. The first-order valence-electron chi connectivity index (χ1n) is 7.87. The Hall–Kier alpha value is -0.910. The molecule has 1 spiro atoms. The Balaban J connectivity index is 1.74. The minimum atomic E-state index is -0.284. The van der Waals surface area contributed by atoms with Crippen LogP contribution in [0.25, 0.3) is 0 Å². The third-order valence-electron chi connectivity index (χ3n) is 4.71. The van der Waals surface area contributed by atoms with Gasteiger partial charge in [-0.3, -0.25) is 10.1 Å². The van der Waals surface area contributed by atoms with Crippen LogP contribution in [0.1, 0.15) is 50.3 Å². The fourth-order valence-corrected chi connectivity index (χ4v) is 4.26. The largest absolute Gasteiger partial charge is 0.385 e. The fourth-order valence-electron chi connectivity index (χ4n) is 3.58. The van der Waals surface area contributed by atoms with Gasteiger partial charge in [0.1, 0.15) is 6.17 Å². The van der Waals surface area contributed by atoms with E-state index in [1.165, 1.54) is 5.56 Å². The molecule has 3 rings (SSSR count). The summed E-state index contributed by atoms with van der Waals surface area (Å²) in [7, 11) is 1.73. The smallest absolute Gasteiger partial charge is 0.244 e. The molecule has 21 heavy (non-hydrogen) atoms. The second-order valence-electron chi connectivity index (χ2n) is 6.09. The summed E-state index contributed by atoms with van der Waals surface area (Å²) >= 11 is 1.69. The van der Waals surface area contributed by atoms with Crippen LogP contribution in [0.4, 0.5) is 0 Å². The molecule has 2 aliphatic rings. The van der Waals surface area contributed by atoms with Crippen molar-refractivity contribution in [3.05, 3.63) is 22.4 Å². The standard InChI is InChI=1S/C16H24N2O2S/c1-20-10-5-4-9-18-14(13-6-11-21-12-13)17-16(15(18)19)7-2-3-8-16/h6,11-12,14,17H,2-5,7-10H2,1H3. The molecule has 2 fully saturated rings. The van der Waals surface area contributed by atoms with Crippen LogP contribution in [0, 0.1) is 0 Å². The van der Waals surface area contributed by atoms with E-state index < -0.39 is 0 Å². The highest BCUT2D eigenvalue weighted by Gasteiger charge is 2.52. The van der Waals surface area contributed by atoms with Gasteiger partial charge in [0, 0.05) is 20.3 Å². The summed E-state index contributed by atoms with van der Waals surface area (Å²) in [6.07, 6.45) is 6.35. The van der Waals surface area contributed by atoms with Crippen LogP contribution in [0.5, 0.6) is 0 Å². The number of hydrogen-bond acceptors (Lipinski definition) is 4. The van der Waals surface area contributed by atoms with Crippen molar-refractivity contribution in [1.82, 2.24) is 10.2 Å². The van der Waals surface area contributed by atoms with E-state index in [0.29, 0.717) is 5.91 Å². The van der Waals surface area contributed by atoms with Crippen molar-refractivity contribution in [2.24, 2.45) is 0 Å². The third kappa shape index (κ3) is 2.87. The maximum Gasteiger partial charge on any atom is 0.244 e. The molecule has 0 radical (unpaired) electrons. The van der Waals surface area contributed by atoms with Crippen molar-refractivity contribution in [3.63, 3.8) is 0 Å². The second kappa shape index (κ2) is 6.46. The lowest BCUT2D eigenvalue weighted by molar-refractivity contribution is -0.133. The third-order valence-corrected chi connectivity index (χ3v) is 5.41. The molecule has 0 aromatic carbocycles. The molecular formula is C16H24N2O2S. The maximum absolute atomic E-state index is 12.9. The van der Waals surface area contributed by atoms with Crippen molar-refractivity contribution in [3.8, 4) is 0 Å². The number of rotatable bonds is 6. The van der Waals surface area contributed by atoms with Gasteiger partial charge in [-0.2, -0.15) is 11.3 Å². The molecular weight excluding hydrogens is 284 g/mol. The van der Waals surface area contributed by atoms with E-state index in [1.807, 2.05) is 0 Å². The lowest BCUT2D eigenvalue weighted by Crippen LogP contribution is -2.44. The van der Waals surface area contributed by atoms with Gasteiger partial charge in [0.2, 0.25) is 5.91 Å². The van der Waals surface area contributed by atoms with Crippen molar-refractivity contribution in [1.29, 1.82) is 0 Å². The molecule has 2 heterocycles. The fraction of sp³-hybridized carbons (Fsp3) is 0.688. The number of unbranched alkanes of at least 4 members (excludes halogenated alkanes) is 1. The number of carbonyl (C=O) groups is 1. The molecule has 1 atom stereocenters. The van der Waals surface area contributed by atoms with Gasteiger partial charge in [0.05, 0.1) is 5.54 Å². The summed E-state index contributed by atoms with van der Waals surface area (Å²) in [5.74, 6) is 0.314. The Bertz CT molecular complexity index is 469. The lowest BCUT2D eigenvalue weighted by atomic mass is 9.98. The zero-order valence-electron chi connectivity index (χ0n) is 12.6. The molecule has 1 saturated heterocycles. The first kappa shape index (κ1) is 15.0. The monoisotopic (exact) mass is 308 g/mol. The highest BCUT2D eigenvalue weighted by molar-refractivity contribution is 7.07. The highest BCUT2D eigenvalue weighted by Crippen LogP contribution is 2.41. The molecule has 1 amide bonds. The summed E-state index contributed by atoms with van der Waals surface area (Å²) in [6, 6.07) is 2.13. The van der Waals surface area contributed by atoms with E-state index in [-0.39, 0.29) is 11.7 Å². The quantitative estimate of drug-likeness (QED) is 0.822. The molecule has 5 heteroatoms. The zero-order valence-corrected chi connectivity index (χ0v) is 13.5. The summed E-state index contributed by atoms with van der Waals surface area (Å²) in [5, 5.41) is 7.90. The summed E-state index contributed by atoms with van der Waals surface area (Å²) in [5.41, 5.74) is 0.942. The maximum atomic E-state index is 12.9. The van der Waals surface area contributed by atoms with Gasteiger partial charge in [0.15, 0.2) is 0 Å². The van der Waals surface area contributed by atoms with Crippen molar-refractivity contribution < 1.29 is 9.53 Å². The van der Waals surface area contributed by atoms with E-state index in [9.17, 15) is 4.79 Å². The van der Waals surface area contributed by atoms with E-state index in [1.54, 1.807) is 18.4 Å². The Labute approximate surface area is 130 Å². The highest BCUT2D eigenvalue weighted by atomic mass is 32.1. The first-order chi connectivity index (χ1) is 10.3. The van der Waals surface area contributed by atoms with E-state index in [4.69, 9.17) is 4.74 Å². The van der Waals surface area contributed by atoms with Crippen LogP contribution < -0.4 is 5.32 Å². The van der Waals surface area contributed by atoms with E-state index >= 15 is 0 Å². The number of nitrogens with one attached hydrogen (secondary N) is 1. The Morgan fingerprint density at radius 3 is 2.90 bits per heavy atom. The Morgan fingerprint density at radius 2 is 2.24 bits per heavy atom. The van der Waals surface area contributed by atoms with Crippen molar-refractivity contribution in [2.45, 2.75) is 50.2 Å². The zero-order chi connectivity index (χ0) is 14.7. The average molecular weight is 308 g/mol. The number of carbonyl (C=O) groups excluding carboxylic acids is 1. The minimum Gasteiger partial charge on any atom is -0.385 e. The Morgan fingerprint density at radius 1 is 1.43 bits per heavy atom. The van der Waals surface area contributed by atoms with Gasteiger partial charge < -0.3 is 9.64 Å². The molecule has 1 aliphatic carbocycles. The molecule has 1 unspecified atom stereocenters. The normalized spacial score (nSPS) is 24.3. The van der Waals surface area contributed by atoms with Crippen LogP contribution >= 0.6 is 11.3 Å². The molecule has 1 N–H and O–H groups in total. The summed E-state index contributed by atoms with van der Waals surface area (Å²) in [6.45, 7) is 1.58. The number of ether oxygens (including phenoxy) is 1. The molecule has 1 saturated carbocycles.